The first-order valence-electron chi connectivity index (χ1n) is 10.2. The Hall–Kier alpha value is -2.40. The maximum atomic E-state index is 14.5. The highest BCUT2D eigenvalue weighted by Gasteiger charge is 2.35. The van der Waals surface area contributed by atoms with Crippen LogP contribution in [0, 0.1) is 12.7 Å². The van der Waals surface area contributed by atoms with Gasteiger partial charge in [0.1, 0.15) is 11.6 Å². The van der Waals surface area contributed by atoms with Crippen molar-refractivity contribution >= 4 is 11.6 Å². The monoisotopic (exact) mass is 424 g/mol. The van der Waals surface area contributed by atoms with Crippen LogP contribution < -0.4 is 4.74 Å². The summed E-state index contributed by atoms with van der Waals surface area (Å²) in [6.07, 6.45) is -0.0311. The third-order valence-electron chi connectivity index (χ3n) is 5.84. The molecule has 0 aliphatic carbocycles. The molecule has 4 rings (SSSR count). The summed E-state index contributed by atoms with van der Waals surface area (Å²) in [4.78, 5) is 4.70. The van der Waals surface area contributed by atoms with Crippen molar-refractivity contribution < 1.29 is 9.13 Å². The van der Waals surface area contributed by atoms with Crippen molar-refractivity contribution in [3.63, 3.8) is 0 Å². The Kier molecular flexibility index (Phi) is 6.38. The molecule has 0 aromatic heterocycles. The molecule has 5 heteroatoms. The molecule has 0 spiro atoms. The van der Waals surface area contributed by atoms with Crippen LogP contribution in [0.25, 0.3) is 0 Å². The van der Waals surface area contributed by atoms with E-state index in [9.17, 15) is 4.39 Å². The molecule has 0 amide bonds. The Labute approximate surface area is 182 Å². The van der Waals surface area contributed by atoms with Crippen molar-refractivity contribution in [2.75, 3.05) is 20.2 Å². The number of benzene rings is 3. The van der Waals surface area contributed by atoms with Gasteiger partial charge in [-0.05, 0) is 36.2 Å². The minimum absolute atomic E-state index is 0.0311. The molecule has 1 aliphatic heterocycles. The molecule has 156 valence electrons. The molecule has 1 unspecified atom stereocenters. The summed E-state index contributed by atoms with van der Waals surface area (Å²) < 4.78 is 20.2. The van der Waals surface area contributed by atoms with E-state index in [0.29, 0.717) is 17.1 Å². The SMILES string of the molecule is COc1ccccc1C1N(Cc2ccccc2C)CCN1Cc1c(F)cccc1Cl. The number of nitrogens with zero attached hydrogens (tertiary/aromatic N) is 2. The van der Waals surface area contributed by atoms with E-state index in [4.69, 9.17) is 16.3 Å². The average molecular weight is 425 g/mol. The van der Waals surface area contributed by atoms with Gasteiger partial charge >= 0.3 is 0 Å². The number of ether oxygens (including phenoxy) is 1. The molecule has 0 radical (unpaired) electrons. The number of hydrogen-bond acceptors (Lipinski definition) is 3. The summed E-state index contributed by atoms with van der Waals surface area (Å²) in [5, 5.41) is 0.464. The Morgan fingerprint density at radius 3 is 2.37 bits per heavy atom. The fourth-order valence-corrected chi connectivity index (χ4v) is 4.45. The topological polar surface area (TPSA) is 15.7 Å². The Morgan fingerprint density at radius 1 is 0.933 bits per heavy atom. The number of methoxy groups -OCH3 is 1. The van der Waals surface area contributed by atoms with Crippen LogP contribution in [0.4, 0.5) is 4.39 Å². The van der Waals surface area contributed by atoms with Gasteiger partial charge in [0.2, 0.25) is 0 Å². The third kappa shape index (κ3) is 4.22. The van der Waals surface area contributed by atoms with Crippen LogP contribution in [0.15, 0.2) is 66.7 Å². The zero-order chi connectivity index (χ0) is 21.1. The molecule has 30 heavy (non-hydrogen) atoms. The summed E-state index contributed by atoms with van der Waals surface area (Å²) in [6.45, 7) is 5.10. The highest BCUT2D eigenvalue weighted by molar-refractivity contribution is 6.31. The van der Waals surface area contributed by atoms with E-state index < -0.39 is 0 Å². The minimum atomic E-state index is -0.265. The molecule has 1 aliphatic rings. The van der Waals surface area contributed by atoms with Crippen molar-refractivity contribution in [3.8, 4) is 5.75 Å². The molecule has 0 saturated carbocycles. The number of aryl methyl sites for hydroxylation is 1. The molecule has 1 saturated heterocycles. The van der Waals surface area contributed by atoms with Gasteiger partial charge in [-0.1, -0.05) is 60.1 Å². The summed E-state index contributed by atoms with van der Waals surface area (Å²) in [6, 6.07) is 21.4. The maximum absolute atomic E-state index is 14.5. The van der Waals surface area contributed by atoms with E-state index in [0.717, 1.165) is 30.9 Å². The summed E-state index contributed by atoms with van der Waals surface area (Å²) in [5.74, 6) is 0.572. The van der Waals surface area contributed by atoms with E-state index >= 15 is 0 Å². The summed E-state index contributed by atoms with van der Waals surface area (Å²) in [7, 11) is 1.69. The highest BCUT2D eigenvalue weighted by atomic mass is 35.5. The first-order chi connectivity index (χ1) is 14.6. The lowest BCUT2D eigenvalue weighted by Crippen LogP contribution is -2.31. The smallest absolute Gasteiger partial charge is 0.129 e. The zero-order valence-electron chi connectivity index (χ0n) is 17.3. The molecule has 3 nitrogen and oxygen atoms in total. The van der Waals surface area contributed by atoms with Crippen LogP contribution in [-0.4, -0.2) is 30.0 Å². The standard InChI is InChI=1S/C25H26ClFN2O/c1-18-8-3-4-9-19(18)16-28-14-15-29(17-21-22(26)11-7-12-23(21)27)25(28)20-10-5-6-13-24(20)30-2/h3-13,25H,14-17H2,1-2H3. The van der Waals surface area contributed by atoms with Gasteiger partial charge in [0.25, 0.3) is 0 Å². The lowest BCUT2D eigenvalue weighted by Gasteiger charge is -2.32. The van der Waals surface area contributed by atoms with Crippen molar-refractivity contribution in [2.45, 2.75) is 26.2 Å². The number of rotatable bonds is 6. The number of hydrogen-bond donors (Lipinski definition) is 0. The second-order valence-corrected chi connectivity index (χ2v) is 8.09. The van der Waals surface area contributed by atoms with Crippen LogP contribution in [0.1, 0.15) is 28.4 Å². The Morgan fingerprint density at radius 2 is 1.63 bits per heavy atom. The molecule has 1 fully saturated rings. The summed E-state index contributed by atoms with van der Waals surface area (Å²) in [5.41, 5.74) is 4.19. The fraction of sp³-hybridized carbons (Fsp3) is 0.280. The molecule has 1 atom stereocenters. The van der Waals surface area contributed by atoms with E-state index in [-0.39, 0.29) is 12.0 Å². The molecule has 0 bridgehead atoms. The maximum Gasteiger partial charge on any atom is 0.129 e. The molecular weight excluding hydrogens is 399 g/mol. The third-order valence-corrected chi connectivity index (χ3v) is 6.19. The highest BCUT2D eigenvalue weighted by Crippen LogP contribution is 2.38. The van der Waals surface area contributed by atoms with E-state index in [1.54, 1.807) is 19.2 Å². The quantitative estimate of drug-likeness (QED) is 0.496. The van der Waals surface area contributed by atoms with E-state index in [2.05, 4.69) is 47.1 Å². The van der Waals surface area contributed by atoms with Crippen molar-refractivity contribution in [2.24, 2.45) is 0 Å². The van der Waals surface area contributed by atoms with Gasteiger partial charge in [-0.25, -0.2) is 4.39 Å². The molecule has 3 aromatic rings. The van der Waals surface area contributed by atoms with Gasteiger partial charge in [0.15, 0.2) is 0 Å². The lowest BCUT2D eigenvalue weighted by molar-refractivity contribution is 0.121. The van der Waals surface area contributed by atoms with Crippen LogP contribution in [0.3, 0.4) is 0 Å². The van der Waals surface area contributed by atoms with Crippen molar-refractivity contribution in [3.05, 3.63) is 99.8 Å². The van der Waals surface area contributed by atoms with Crippen LogP contribution in [0.2, 0.25) is 5.02 Å². The van der Waals surface area contributed by atoms with Crippen molar-refractivity contribution in [1.82, 2.24) is 9.80 Å². The first-order valence-corrected chi connectivity index (χ1v) is 10.5. The Bertz CT molecular complexity index is 1010. The minimum Gasteiger partial charge on any atom is -0.496 e. The molecule has 0 N–H and O–H groups in total. The second-order valence-electron chi connectivity index (χ2n) is 7.68. The number of para-hydroxylation sites is 1. The van der Waals surface area contributed by atoms with E-state index in [1.165, 1.54) is 17.2 Å². The lowest BCUT2D eigenvalue weighted by atomic mass is 10.1. The summed E-state index contributed by atoms with van der Waals surface area (Å²) >= 11 is 6.34. The van der Waals surface area contributed by atoms with Gasteiger partial charge in [-0.15, -0.1) is 0 Å². The first kappa shape index (κ1) is 20.9. The normalized spacial score (nSPS) is 17.4. The van der Waals surface area contributed by atoms with Gasteiger partial charge < -0.3 is 4.74 Å². The van der Waals surface area contributed by atoms with E-state index in [1.807, 2.05) is 18.2 Å². The zero-order valence-corrected chi connectivity index (χ0v) is 18.1. The van der Waals surface area contributed by atoms with Crippen LogP contribution in [0.5, 0.6) is 5.75 Å². The fourth-order valence-electron chi connectivity index (χ4n) is 4.23. The Balaban J connectivity index is 1.70. The average Bonchev–Trinajstić information content (AvgIpc) is 3.14. The van der Waals surface area contributed by atoms with Crippen molar-refractivity contribution in [1.29, 1.82) is 0 Å². The molecular formula is C25H26ClFN2O. The predicted octanol–water partition coefficient (Wildman–Crippen LogP) is 5.81. The number of halogens is 2. The van der Waals surface area contributed by atoms with Gasteiger partial charge in [-0.2, -0.15) is 0 Å². The predicted molar refractivity (Wildman–Crippen MR) is 119 cm³/mol. The second kappa shape index (κ2) is 9.17. The van der Waals surface area contributed by atoms with Gasteiger partial charge in [0, 0.05) is 42.3 Å². The van der Waals surface area contributed by atoms with Gasteiger partial charge in [-0.3, -0.25) is 9.80 Å². The largest absolute Gasteiger partial charge is 0.496 e. The molecule has 3 aromatic carbocycles. The van der Waals surface area contributed by atoms with Crippen LogP contribution >= 0.6 is 11.6 Å². The van der Waals surface area contributed by atoms with Crippen LogP contribution in [-0.2, 0) is 13.1 Å². The van der Waals surface area contributed by atoms with Gasteiger partial charge in [0.05, 0.1) is 13.3 Å². The molecule has 1 heterocycles.